The van der Waals surface area contributed by atoms with Crippen LogP contribution >= 0.6 is 0 Å². The van der Waals surface area contributed by atoms with Gasteiger partial charge in [-0.05, 0) is 51.4 Å². The van der Waals surface area contributed by atoms with Gasteiger partial charge in [0, 0.05) is 64.2 Å². The lowest BCUT2D eigenvalue weighted by molar-refractivity contribution is -0.147. The molecular formula is C26H39N5O3. The number of carbonyl (C=O) groups excluding carboxylic acids is 1. The third-order valence-electron chi connectivity index (χ3n) is 6.73. The molecule has 2 saturated heterocycles. The van der Waals surface area contributed by atoms with E-state index in [9.17, 15) is 4.79 Å². The number of nitrogens with one attached hydrogen (secondary N) is 1. The lowest BCUT2D eigenvalue weighted by Gasteiger charge is -2.40. The number of carbonyl (C=O) groups is 1. The number of benzene rings is 1. The van der Waals surface area contributed by atoms with Crippen molar-refractivity contribution < 1.29 is 14.3 Å². The number of ether oxygens (including phenoxy) is 2. The Morgan fingerprint density at radius 1 is 1.26 bits per heavy atom. The summed E-state index contributed by atoms with van der Waals surface area (Å²) in [6.45, 7) is 11.4. The zero-order valence-electron chi connectivity index (χ0n) is 20.8. The molecule has 2 fully saturated rings. The maximum absolute atomic E-state index is 13.0. The molecule has 2 aromatic rings. The van der Waals surface area contributed by atoms with Crippen molar-refractivity contribution in [2.24, 2.45) is 5.92 Å². The van der Waals surface area contributed by atoms with Gasteiger partial charge in [-0.1, -0.05) is 12.1 Å². The highest BCUT2D eigenvalue weighted by atomic mass is 16.5. The highest BCUT2D eigenvalue weighted by Crippen LogP contribution is 2.30. The zero-order valence-corrected chi connectivity index (χ0v) is 20.8. The van der Waals surface area contributed by atoms with Crippen LogP contribution in [0.15, 0.2) is 36.7 Å². The Hall–Kier alpha value is -2.42. The first-order valence-corrected chi connectivity index (χ1v) is 12.4. The van der Waals surface area contributed by atoms with E-state index in [0.29, 0.717) is 19.1 Å². The number of amides is 1. The van der Waals surface area contributed by atoms with Gasteiger partial charge in [-0.3, -0.25) is 14.6 Å². The molecule has 2 aliphatic rings. The van der Waals surface area contributed by atoms with Crippen LogP contribution < -0.4 is 4.74 Å². The van der Waals surface area contributed by atoms with Crippen molar-refractivity contribution in [3.8, 4) is 5.75 Å². The number of nitrogens with zero attached hydrogens (tertiary/aromatic N) is 4. The van der Waals surface area contributed by atoms with Crippen LogP contribution in [0, 0.1) is 5.92 Å². The van der Waals surface area contributed by atoms with Gasteiger partial charge in [0.25, 0.3) is 0 Å². The molecular weight excluding hydrogens is 430 g/mol. The Labute approximate surface area is 203 Å². The maximum atomic E-state index is 13.0. The molecule has 186 valence electrons. The van der Waals surface area contributed by atoms with Gasteiger partial charge in [-0.15, -0.1) is 0 Å². The van der Waals surface area contributed by atoms with Crippen LogP contribution in [0.1, 0.15) is 38.1 Å². The molecule has 1 atom stereocenters. The molecule has 0 radical (unpaired) electrons. The molecule has 1 amide bonds. The summed E-state index contributed by atoms with van der Waals surface area (Å²) in [7, 11) is 2.09. The van der Waals surface area contributed by atoms with E-state index in [1.165, 1.54) is 5.56 Å². The average Bonchev–Trinajstić information content (AvgIpc) is 3.31. The first kappa shape index (κ1) is 24.7. The Morgan fingerprint density at radius 2 is 2.09 bits per heavy atom. The summed E-state index contributed by atoms with van der Waals surface area (Å²) in [5, 5.41) is 0. The van der Waals surface area contributed by atoms with Crippen LogP contribution in [-0.2, 0) is 22.6 Å². The van der Waals surface area contributed by atoms with Crippen molar-refractivity contribution in [2.75, 3.05) is 53.0 Å². The molecule has 1 aromatic carbocycles. The molecule has 34 heavy (non-hydrogen) atoms. The second-order valence-corrected chi connectivity index (χ2v) is 10.2. The van der Waals surface area contributed by atoms with Gasteiger partial charge in [0.15, 0.2) is 0 Å². The van der Waals surface area contributed by atoms with Gasteiger partial charge in [-0.2, -0.15) is 0 Å². The second kappa shape index (κ2) is 11.3. The van der Waals surface area contributed by atoms with E-state index in [0.717, 1.165) is 70.2 Å². The highest BCUT2D eigenvalue weighted by molar-refractivity contribution is 5.79. The highest BCUT2D eigenvalue weighted by Gasteiger charge is 2.35. The Morgan fingerprint density at radius 3 is 2.82 bits per heavy atom. The number of hydrogen-bond acceptors (Lipinski definition) is 6. The summed E-state index contributed by atoms with van der Waals surface area (Å²) in [6, 6.07) is 8.31. The second-order valence-electron chi connectivity index (χ2n) is 10.2. The fourth-order valence-corrected chi connectivity index (χ4v) is 4.93. The minimum atomic E-state index is -0.191. The third-order valence-corrected chi connectivity index (χ3v) is 6.73. The van der Waals surface area contributed by atoms with E-state index < -0.39 is 0 Å². The minimum absolute atomic E-state index is 0.101. The van der Waals surface area contributed by atoms with Gasteiger partial charge < -0.3 is 19.4 Å². The Kier molecular flexibility index (Phi) is 8.24. The van der Waals surface area contributed by atoms with Crippen molar-refractivity contribution >= 4 is 5.91 Å². The summed E-state index contributed by atoms with van der Waals surface area (Å²) in [6.07, 6.45) is 5.29. The Balaban J connectivity index is 1.16. The van der Waals surface area contributed by atoms with Crippen LogP contribution in [0.25, 0.3) is 0 Å². The van der Waals surface area contributed by atoms with E-state index in [4.69, 9.17) is 9.47 Å². The van der Waals surface area contributed by atoms with Crippen LogP contribution in [0.4, 0.5) is 0 Å². The first-order chi connectivity index (χ1) is 16.4. The molecule has 0 bridgehead atoms. The van der Waals surface area contributed by atoms with Crippen molar-refractivity contribution in [3.05, 3.63) is 48.0 Å². The number of imidazole rings is 1. The van der Waals surface area contributed by atoms with Crippen molar-refractivity contribution in [3.63, 3.8) is 0 Å². The fourth-order valence-electron chi connectivity index (χ4n) is 4.93. The molecule has 8 heteroatoms. The topological polar surface area (TPSA) is 73.9 Å². The smallest absolute Gasteiger partial charge is 0.225 e. The average molecular weight is 470 g/mol. The normalized spacial score (nSPS) is 21.1. The van der Waals surface area contributed by atoms with Crippen LogP contribution in [-0.4, -0.2) is 89.2 Å². The predicted octanol–water partition coefficient (Wildman–Crippen LogP) is 2.77. The summed E-state index contributed by atoms with van der Waals surface area (Å²) in [4.78, 5) is 27.1. The lowest BCUT2D eigenvalue weighted by Crippen LogP contribution is -2.52. The molecule has 1 N–H and O–H groups in total. The summed E-state index contributed by atoms with van der Waals surface area (Å²) in [5.41, 5.74) is 1.03. The van der Waals surface area contributed by atoms with Crippen LogP contribution in [0.5, 0.6) is 5.75 Å². The van der Waals surface area contributed by atoms with E-state index in [2.05, 4.69) is 52.8 Å². The summed E-state index contributed by atoms with van der Waals surface area (Å²) >= 11 is 0. The largest absolute Gasteiger partial charge is 0.492 e. The van der Waals surface area contributed by atoms with Crippen molar-refractivity contribution in [1.29, 1.82) is 0 Å². The maximum Gasteiger partial charge on any atom is 0.225 e. The zero-order chi connectivity index (χ0) is 24.0. The molecule has 0 saturated carbocycles. The lowest BCUT2D eigenvalue weighted by atomic mass is 9.87. The summed E-state index contributed by atoms with van der Waals surface area (Å²) < 4.78 is 11.8. The van der Waals surface area contributed by atoms with E-state index >= 15 is 0 Å². The van der Waals surface area contributed by atoms with E-state index in [-0.39, 0.29) is 11.5 Å². The molecule has 8 nitrogen and oxygen atoms in total. The quantitative estimate of drug-likeness (QED) is 0.609. The van der Waals surface area contributed by atoms with Gasteiger partial charge in [0.2, 0.25) is 5.91 Å². The number of piperazine rings is 1. The molecule has 3 heterocycles. The van der Waals surface area contributed by atoms with Gasteiger partial charge >= 0.3 is 0 Å². The van der Waals surface area contributed by atoms with Gasteiger partial charge in [0.1, 0.15) is 18.2 Å². The van der Waals surface area contributed by atoms with Crippen LogP contribution in [0.3, 0.4) is 0 Å². The monoisotopic (exact) mass is 469 g/mol. The first-order valence-electron chi connectivity index (χ1n) is 12.4. The number of aromatic amines is 1. The minimum Gasteiger partial charge on any atom is -0.492 e. The number of rotatable bonds is 9. The molecule has 1 unspecified atom stereocenters. The van der Waals surface area contributed by atoms with Crippen molar-refractivity contribution in [1.82, 2.24) is 24.7 Å². The van der Waals surface area contributed by atoms with Crippen LogP contribution in [0.2, 0.25) is 0 Å². The SMILES string of the molecule is CN(Cc1cccc(OCCN2CCN(C(=O)C3CCOC(C)(C)C3)CC2)c1)Cc1ncc[nH]1. The number of aromatic nitrogens is 2. The van der Waals surface area contributed by atoms with Gasteiger partial charge in [0.05, 0.1) is 12.1 Å². The van der Waals surface area contributed by atoms with E-state index in [1.54, 1.807) is 6.20 Å². The Bertz CT molecular complexity index is 909. The van der Waals surface area contributed by atoms with E-state index in [1.807, 2.05) is 23.2 Å². The predicted molar refractivity (Wildman–Crippen MR) is 131 cm³/mol. The molecule has 2 aliphatic heterocycles. The number of hydrogen-bond donors (Lipinski definition) is 1. The number of H-pyrrole nitrogens is 1. The standard InChI is InChI=1S/C26H39N5O3/c1-26(2)18-22(7-15-34-26)25(32)31-12-10-30(11-13-31)14-16-33-23-6-4-5-21(17-23)19-29(3)20-24-27-8-9-28-24/h4-6,8-9,17,22H,7,10-16,18-20H2,1-3H3,(H,27,28). The van der Waals surface area contributed by atoms with Crippen molar-refractivity contribution in [2.45, 2.75) is 45.4 Å². The molecule has 0 spiro atoms. The third kappa shape index (κ3) is 7.04. The summed E-state index contributed by atoms with van der Waals surface area (Å²) in [5.74, 6) is 2.28. The molecule has 0 aliphatic carbocycles. The fraction of sp³-hybridized carbons (Fsp3) is 0.615. The molecule has 4 rings (SSSR count). The van der Waals surface area contributed by atoms with Gasteiger partial charge in [-0.25, -0.2) is 4.98 Å². The molecule has 1 aromatic heterocycles.